The number of hydrogen-bond acceptors (Lipinski definition) is 3. The van der Waals surface area contributed by atoms with E-state index in [2.05, 4.69) is 57.4 Å². The lowest BCUT2D eigenvalue weighted by Gasteiger charge is -2.00. The van der Waals surface area contributed by atoms with Crippen molar-refractivity contribution in [2.24, 2.45) is 0 Å². The first-order valence-electron chi connectivity index (χ1n) is 8.60. The molecule has 0 amide bonds. The monoisotopic (exact) mass is 344 g/mol. The van der Waals surface area contributed by atoms with Crippen molar-refractivity contribution in [2.75, 3.05) is 0 Å². The van der Waals surface area contributed by atoms with Crippen LogP contribution in [0.1, 0.15) is 32.9 Å². The van der Waals surface area contributed by atoms with Crippen LogP contribution in [0.4, 0.5) is 0 Å². The molecule has 0 atom stereocenters. The third-order valence-electron chi connectivity index (χ3n) is 4.77. The van der Waals surface area contributed by atoms with Gasteiger partial charge < -0.3 is 4.98 Å². The molecular weight excluding hydrogens is 324 g/mol. The normalized spacial score (nSPS) is 11.2. The molecule has 5 heteroatoms. The zero-order valence-corrected chi connectivity index (χ0v) is 15.1. The Balaban J connectivity index is 1.62. The van der Waals surface area contributed by atoms with Crippen molar-refractivity contribution in [1.82, 2.24) is 20.2 Å². The minimum absolute atomic E-state index is 0.00212. The molecule has 0 aliphatic heterocycles. The summed E-state index contributed by atoms with van der Waals surface area (Å²) in [6, 6.07) is 12.5. The predicted octanol–water partition coefficient (Wildman–Crippen LogP) is 4.30. The van der Waals surface area contributed by atoms with Gasteiger partial charge >= 0.3 is 0 Å². The largest absolute Gasteiger partial charge is 0.339 e. The molecule has 0 aliphatic rings. The summed E-state index contributed by atoms with van der Waals surface area (Å²) >= 11 is 0. The van der Waals surface area contributed by atoms with Crippen molar-refractivity contribution in [3.05, 3.63) is 70.7 Å². The molecule has 0 bridgehead atoms. The Hall–Kier alpha value is -3.21. The summed E-state index contributed by atoms with van der Waals surface area (Å²) in [4.78, 5) is 20.4. The first kappa shape index (κ1) is 16.3. The highest BCUT2D eigenvalue weighted by Gasteiger charge is 2.15. The number of Topliss-reactive ketones (excluding diaryl/α,β-unsaturated/α-hetero) is 1. The molecule has 5 nitrogen and oxygen atoms in total. The van der Waals surface area contributed by atoms with E-state index in [1.165, 1.54) is 5.56 Å². The lowest BCUT2D eigenvalue weighted by Crippen LogP contribution is -2.06. The van der Waals surface area contributed by atoms with E-state index in [0.717, 1.165) is 39.1 Å². The predicted molar refractivity (Wildman–Crippen MR) is 102 cm³/mol. The minimum Gasteiger partial charge on any atom is -0.339 e. The van der Waals surface area contributed by atoms with E-state index in [0.29, 0.717) is 12.1 Å². The molecule has 3 heterocycles. The molecule has 1 aromatic carbocycles. The molecule has 130 valence electrons. The van der Waals surface area contributed by atoms with Crippen molar-refractivity contribution in [3.63, 3.8) is 0 Å². The van der Waals surface area contributed by atoms with Crippen molar-refractivity contribution >= 4 is 16.8 Å². The van der Waals surface area contributed by atoms with Gasteiger partial charge in [-0.15, -0.1) is 0 Å². The van der Waals surface area contributed by atoms with Crippen LogP contribution in [0.5, 0.6) is 0 Å². The van der Waals surface area contributed by atoms with Crippen LogP contribution < -0.4 is 0 Å². The number of aromatic nitrogens is 4. The Bertz CT molecular complexity index is 1100. The highest BCUT2D eigenvalue weighted by Crippen LogP contribution is 2.24. The number of pyridine rings is 1. The van der Waals surface area contributed by atoms with E-state index in [9.17, 15) is 4.79 Å². The van der Waals surface area contributed by atoms with Gasteiger partial charge in [-0.3, -0.25) is 9.89 Å². The second-order valence-electron chi connectivity index (χ2n) is 6.75. The summed E-state index contributed by atoms with van der Waals surface area (Å²) in [6.07, 6.45) is 2.05. The van der Waals surface area contributed by atoms with Crippen LogP contribution in [0, 0.1) is 20.8 Å². The molecule has 0 fully saturated rings. The van der Waals surface area contributed by atoms with Crippen molar-refractivity contribution in [1.29, 1.82) is 0 Å². The zero-order valence-electron chi connectivity index (χ0n) is 15.1. The number of benzene rings is 1. The molecule has 3 aromatic heterocycles. The maximum Gasteiger partial charge on any atom is 0.187 e. The Morgan fingerprint density at radius 3 is 2.54 bits per heavy atom. The number of fused-ring (bicyclic) bond motifs is 1. The van der Waals surface area contributed by atoms with Gasteiger partial charge in [0, 0.05) is 35.0 Å². The van der Waals surface area contributed by atoms with Gasteiger partial charge in [0.25, 0.3) is 0 Å². The number of H-pyrrole nitrogens is 2. The third kappa shape index (κ3) is 2.92. The van der Waals surface area contributed by atoms with E-state index in [4.69, 9.17) is 0 Å². The minimum atomic E-state index is 0.00212. The van der Waals surface area contributed by atoms with Crippen LogP contribution in [-0.2, 0) is 6.42 Å². The number of nitrogens with zero attached hydrogens (tertiary/aromatic N) is 2. The SMILES string of the molecule is Cc1ccc(-c2cc3cc(CC(=O)c4n[nH]c(C)c4C)cnc3[nH]2)cc1. The van der Waals surface area contributed by atoms with Gasteiger partial charge in [0.05, 0.1) is 0 Å². The van der Waals surface area contributed by atoms with Crippen LogP contribution in [0.3, 0.4) is 0 Å². The van der Waals surface area contributed by atoms with Gasteiger partial charge in [-0.1, -0.05) is 29.8 Å². The van der Waals surface area contributed by atoms with E-state index in [1.54, 1.807) is 6.20 Å². The maximum absolute atomic E-state index is 12.5. The topological polar surface area (TPSA) is 74.4 Å². The molecule has 4 aromatic rings. The molecule has 0 saturated heterocycles. The number of aromatic amines is 2. The number of ketones is 1. The highest BCUT2D eigenvalue weighted by molar-refractivity contribution is 5.97. The van der Waals surface area contributed by atoms with Crippen LogP contribution in [0.15, 0.2) is 42.6 Å². The number of aryl methyl sites for hydroxylation is 2. The summed E-state index contributed by atoms with van der Waals surface area (Å²) < 4.78 is 0. The number of rotatable bonds is 4. The molecule has 0 radical (unpaired) electrons. The standard InChI is InChI=1S/C21H20N4O/c1-12-4-6-16(7-5-12)18-10-17-8-15(11-22-21(17)23-18)9-19(26)20-13(2)14(3)24-25-20/h4-8,10-11H,9H2,1-3H3,(H,22,23)(H,24,25). The quantitative estimate of drug-likeness (QED) is 0.542. The fourth-order valence-corrected chi connectivity index (χ4v) is 3.07. The Labute approximate surface area is 151 Å². The fraction of sp³-hybridized carbons (Fsp3) is 0.190. The molecule has 0 unspecified atom stereocenters. The lowest BCUT2D eigenvalue weighted by atomic mass is 10.0. The van der Waals surface area contributed by atoms with Gasteiger partial charge in [0.1, 0.15) is 11.3 Å². The van der Waals surface area contributed by atoms with E-state index < -0.39 is 0 Å². The van der Waals surface area contributed by atoms with E-state index >= 15 is 0 Å². The van der Waals surface area contributed by atoms with Gasteiger partial charge in [0.15, 0.2) is 5.78 Å². The molecule has 26 heavy (non-hydrogen) atoms. The average molecular weight is 344 g/mol. The maximum atomic E-state index is 12.5. The molecular formula is C21H20N4O. The first-order chi connectivity index (χ1) is 12.5. The van der Waals surface area contributed by atoms with Crippen molar-refractivity contribution in [2.45, 2.75) is 27.2 Å². The number of carbonyl (C=O) groups is 1. The van der Waals surface area contributed by atoms with Crippen molar-refractivity contribution in [3.8, 4) is 11.3 Å². The molecule has 4 rings (SSSR count). The molecule has 0 saturated carbocycles. The second kappa shape index (κ2) is 6.26. The number of hydrogen-bond donors (Lipinski definition) is 2. The molecule has 2 N–H and O–H groups in total. The molecule has 0 aliphatic carbocycles. The first-order valence-corrected chi connectivity index (χ1v) is 8.60. The van der Waals surface area contributed by atoms with Gasteiger partial charge in [0.2, 0.25) is 0 Å². The summed E-state index contributed by atoms with van der Waals surface area (Å²) in [5.41, 5.74) is 7.43. The van der Waals surface area contributed by atoms with Crippen LogP contribution in [0.2, 0.25) is 0 Å². The number of nitrogens with one attached hydrogen (secondary N) is 2. The summed E-state index contributed by atoms with van der Waals surface area (Å²) in [6.45, 7) is 5.90. The second-order valence-corrected chi connectivity index (χ2v) is 6.75. The Morgan fingerprint density at radius 2 is 1.85 bits per heavy atom. The van der Waals surface area contributed by atoms with Gasteiger partial charge in [-0.2, -0.15) is 5.10 Å². The van der Waals surface area contributed by atoms with E-state index in [-0.39, 0.29) is 5.78 Å². The highest BCUT2D eigenvalue weighted by atomic mass is 16.1. The number of carbonyl (C=O) groups excluding carboxylic acids is 1. The zero-order chi connectivity index (χ0) is 18.3. The lowest BCUT2D eigenvalue weighted by molar-refractivity contribution is 0.0987. The summed E-state index contributed by atoms with van der Waals surface area (Å²) in [5, 5.41) is 7.99. The van der Waals surface area contributed by atoms with Crippen molar-refractivity contribution < 1.29 is 4.79 Å². The Kier molecular flexibility index (Phi) is 3.92. The molecule has 0 spiro atoms. The van der Waals surface area contributed by atoms with Gasteiger partial charge in [-0.25, -0.2) is 4.98 Å². The third-order valence-corrected chi connectivity index (χ3v) is 4.77. The van der Waals surface area contributed by atoms with Crippen LogP contribution in [-0.4, -0.2) is 25.9 Å². The average Bonchev–Trinajstić information content (AvgIpc) is 3.19. The van der Waals surface area contributed by atoms with E-state index in [1.807, 2.05) is 19.9 Å². The summed E-state index contributed by atoms with van der Waals surface area (Å²) in [5.74, 6) is 0.00212. The van der Waals surface area contributed by atoms with Crippen LogP contribution >= 0.6 is 0 Å². The van der Waals surface area contributed by atoms with Gasteiger partial charge in [-0.05, 0) is 44.0 Å². The van der Waals surface area contributed by atoms with Crippen LogP contribution in [0.25, 0.3) is 22.3 Å². The summed E-state index contributed by atoms with van der Waals surface area (Å²) in [7, 11) is 0. The Morgan fingerprint density at radius 1 is 1.08 bits per heavy atom. The smallest absolute Gasteiger partial charge is 0.187 e. The fourth-order valence-electron chi connectivity index (χ4n) is 3.07.